The van der Waals surface area contributed by atoms with Crippen molar-refractivity contribution in [1.29, 1.82) is 0 Å². The zero-order valence-corrected chi connectivity index (χ0v) is 15.6. The largest absolute Gasteiger partial charge is 0.399 e. The molecule has 130 valence electrons. The summed E-state index contributed by atoms with van der Waals surface area (Å²) in [4.78, 5) is 0. The number of rotatable bonds is 7. The molecule has 0 heterocycles. The minimum absolute atomic E-state index is 0.545. The van der Waals surface area contributed by atoms with Gasteiger partial charge in [0, 0.05) is 11.4 Å². The lowest BCUT2D eigenvalue weighted by atomic mass is 9.87. The van der Waals surface area contributed by atoms with E-state index in [2.05, 4.69) is 52.0 Å². The smallest absolute Gasteiger partial charge is 0.0317 e. The molecule has 2 rings (SSSR count). The van der Waals surface area contributed by atoms with Crippen LogP contribution in [0.4, 0.5) is 11.4 Å². The van der Waals surface area contributed by atoms with Gasteiger partial charge < -0.3 is 11.5 Å². The van der Waals surface area contributed by atoms with Crippen molar-refractivity contribution in [1.82, 2.24) is 0 Å². The van der Waals surface area contributed by atoms with Gasteiger partial charge in [0.25, 0.3) is 0 Å². The van der Waals surface area contributed by atoms with Crippen molar-refractivity contribution in [3.05, 3.63) is 58.7 Å². The van der Waals surface area contributed by atoms with Crippen molar-refractivity contribution in [2.24, 2.45) is 0 Å². The summed E-state index contributed by atoms with van der Waals surface area (Å²) in [5.41, 5.74) is 19.4. The van der Waals surface area contributed by atoms with Crippen molar-refractivity contribution < 1.29 is 0 Å². The number of nitrogens with two attached hydrogens (primary N) is 2. The van der Waals surface area contributed by atoms with E-state index < -0.39 is 0 Å². The summed E-state index contributed by atoms with van der Waals surface area (Å²) in [6.45, 7) is 9.04. The van der Waals surface area contributed by atoms with E-state index in [0.29, 0.717) is 11.8 Å². The topological polar surface area (TPSA) is 52.0 Å². The molecule has 0 bridgehead atoms. The molecule has 2 atom stereocenters. The lowest BCUT2D eigenvalue weighted by Crippen LogP contribution is -2.05. The first-order valence-electron chi connectivity index (χ1n) is 9.22. The van der Waals surface area contributed by atoms with Crippen molar-refractivity contribution in [3.8, 4) is 0 Å². The average Bonchev–Trinajstić information content (AvgIpc) is 2.59. The van der Waals surface area contributed by atoms with Gasteiger partial charge in [-0.15, -0.1) is 0 Å². The van der Waals surface area contributed by atoms with E-state index in [1.807, 2.05) is 12.1 Å². The molecule has 0 spiro atoms. The van der Waals surface area contributed by atoms with Crippen LogP contribution in [0, 0.1) is 0 Å². The molecule has 24 heavy (non-hydrogen) atoms. The van der Waals surface area contributed by atoms with Crippen molar-refractivity contribution in [2.75, 3.05) is 11.5 Å². The fraction of sp³-hybridized carbons (Fsp3) is 0.455. The molecule has 0 aliphatic carbocycles. The number of anilines is 2. The molecule has 0 amide bonds. The standard InChI is InChI=1S/C22H32N2/c1-5-15(3)21-13-19(23)11-9-17(21)7-8-18-10-12-20(24)14-22(18)16(4)6-2/h9-16H,5-8,23-24H2,1-4H3. The zero-order valence-electron chi connectivity index (χ0n) is 15.6. The normalized spacial score (nSPS) is 13.7. The fourth-order valence-corrected chi connectivity index (χ4v) is 3.31. The Morgan fingerprint density at radius 3 is 1.42 bits per heavy atom. The molecule has 0 radical (unpaired) electrons. The molecule has 2 heteroatoms. The molecule has 0 fully saturated rings. The predicted molar refractivity (Wildman–Crippen MR) is 107 cm³/mol. The Morgan fingerprint density at radius 1 is 0.708 bits per heavy atom. The molecule has 2 aromatic carbocycles. The highest BCUT2D eigenvalue weighted by molar-refractivity contribution is 5.48. The highest BCUT2D eigenvalue weighted by Crippen LogP contribution is 2.29. The van der Waals surface area contributed by atoms with Crippen LogP contribution >= 0.6 is 0 Å². The van der Waals surface area contributed by atoms with Gasteiger partial charge in [0.15, 0.2) is 0 Å². The maximum atomic E-state index is 6.01. The second-order valence-electron chi connectivity index (χ2n) is 7.04. The second kappa shape index (κ2) is 8.23. The molecule has 0 saturated heterocycles. The Kier molecular flexibility index (Phi) is 6.30. The van der Waals surface area contributed by atoms with Crippen LogP contribution in [0.3, 0.4) is 0 Å². The molecule has 0 saturated carbocycles. The van der Waals surface area contributed by atoms with Crippen LogP contribution in [0.5, 0.6) is 0 Å². The van der Waals surface area contributed by atoms with E-state index in [4.69, 9.17) is 11.5 Å². The van der Waals surface area contributed by atoms with Gasteiger partial charge >= 0.3 is 0 Å². The quantitative estimate of drug-likeness (QED) is 0.645. The van der Waals surface area contributed by atoms with Gasteiger partial charge in [0.05, 0.1) is 0 Å². The van der Waals surface area contributed by atoms with Crippen LogP contribution in [0.1, 0.15) is 74.6 Å². The van der Waals surface area contributed by atoms with Crippen LogP contribution in [0.15, 0.2) is 36.4 Å². The summed E-state index contributed by atoms with van der Waals surface area (Å²) in [6, 6.07) is 12.8. The lowest BCUT2D eigenvalue weighted by molar-refractivity contribution is 0.710. The molecule has 2 aromatic rings. The molecule has 0 aliphatic rings. The molecule has 4 N–H and O–H groups in total. The Labute approximate surface area is 147 Å². The van der Waals surface area contributed by atoms with E-state index >= 15 is 0 Å². The molecular weight excluding hydrogens is 292 g/mol. The molecule has 2 unspecified atom stereocenters. The van der Waals surface area contributed by atoms with E-state index in [-0.39, 0.29) is 0 Å². The zero-order chi connectivity index (χ0) is 17.7. The van der Waals surface area contributed by atoms with Crippen LogP contribution in [0.25, 0.3) is 0 Å². The van der Waals surface area contributed by atoms with Crippen LogP contribution in [0.2, 0.25) is 0 Å². The number of aryl methyl sites for hydroxylation is 2. The van der Waals surface area contributed by atoms with Gasteiger partial charge in [0.2, 0.25) is 0 Å². The predicted octanol–water partition coefficient (Wildman–Crippen LogP) is 5.66. The Morgan fingerprint density at radius 2 is 1.08 bits per heavy atom. The molecule has 0 aliphatic heterocycles. The Bertz CT molecular complexity index is 616. The Hall–Kier alpha value is -1.96. The minimum Gasteiger partial charge on any atom is -0.399 e. The first-order chi connectivity index (χ1) is 11.5. The summed E-state index contributed by atoms with van der Waals surface area (Å²) in [5, 5.41) is 0. The summed E-state index contributed by atoms with van der Waals surface area (Å²) in [7, 11) is 0. The van der Waals surface area contributed by atoms with Gasteiger partial charge in [-0.1, -0.05) is 39.8 Å². The van der Waals surface area contributed by atoms with Crippen molar-refractivity contribution in [3.63, 3.8) is 0 Å². The van der Waals surface area contributed by atoms with Gasteiger partial charge in [-0.25, -0.2) is 0 Å². The third-order valence-electron chi connectivity index (χ3n) is 5.29. The fourth-order valence-electron chi connectivity index (χ4n) is 3.31. The number of hydrogen-bond donors (Lipinski definition) is 2. The third kappa shape index (κ3) is 4.31. The monoisotopic (exact) mass is 324 g/mol. The van der Waals surface area contributed by atoms with Crippen molar-refractivity contribution >= 4 is 11.4 Å². The SMILES string of the molecule is CCC(C)c1cc(N)ccc1CCc1ccc(N)cc1C(C)CC. The number of nitrogen functional groups attached to an aromatic ring is 2. The van der Waals surface area contributed by atoms with Gasteiger partial charge in [0.1, 0.15) is 0 Å². The van der Waals surface area contributed by atoms with Gasteiger partial charge in [-0.2, -0.15) is 0 Å². The Balaban J connectivity index is 2.26. The van der Waals surface area contributed by atoms with Gasteiger partial charge in [-0.3, -0.25) is 0 Å². The molecule has 2 nitrogen and oxygen atoms in total. The third-order valence-corrected chi connectivity index (χ3v) is 5.29. The molecular formula is C22H32N2. The maximum Gasteiger partial charge on any atom is 0.0317 e. The highest BCUT2D eigenvalue weighted by Gasteiger charge is 2.13. The number of benzene rings is 2. The summed E-state index contributed by atoms with van der Waals surface area (Å²) >= 11 is 0. The van der Waals surface area contributed by atoms with Gasteiger partial charge in [-0.05, 0) is 84.0 Å². The van der Waals surface area contributed by atoms with Crippen LogP contribution in [-0.2, 0) is 12.8 Å². The summed E-state index contributed by atoms with van der Waals surface area (Å²) in [6.07, 6.45) is 4.37. The first kappa shape index (κ1) is 18.4. The van der Waals surface area contributed by atoms with E-state index in [1.54, 1.807) is 0 Å². The molecule has 0 aromatic heterocycles. The van der Waals surface area contributed by atoms with Crippen molar-refractivity contribution in [2.45, 2.75) is 65.2 Å². The van der Waals surface area contributed by atoms with E-state index in [9.17, 15) is 0 Å². The second-order valence-corrected chi connectivity index (χ2v) is 7.04. The summed E-state index contributed by atoms with van der Waals surface area (Å²) in [5.74, 6) is 1.09. The first-order valence-corrected chi connectivity index (χ1v) is 9.22. The number of hydrogen-bond acceptors (Lipinski definition) is 2. The lowest BCUT2D eigenvalue weighted by Gasteiger charge is -2.18. The van der Waals surface area contributed by atoms with E-state index in [1.165, 1.54) is 22.3 Å². The van der Waals surface area contributed by atoms with Crippen LogP contribution in [-0.4, -0.2) is 0 Å². The highest BCUT2D eigenvalue weighted by atomic mass is 14.5. The maximum absolute atomic E-state index is 6.01. The van der Waals surface area contributed by atoms with E-state index in [0.717, 1.165) is 37.1 Å². The summed E-state index contributed by atoms with van der Waals surface area (Å²) < 4.78 is 0. The minimum atomic E-state index is 0.545. The average molecular weight is 325 g/mol. The van der Waals surface area contributed by atoms with Crippen LogP contribution < -0.4 is 11.5 Å².